The molecule has 0 bridgehead atoms. The first kappa shape index (κ1) is 18.6. The Morgan fingerprint density at radius 1 is 0.750 bits per heavy atom. The Kier molecular flexibility index (Phi) is 3.86. The molecule has 0 aliphatic carbocycles. The summed E-state index contributed by atoms with van der Waals surface area (Å²) in [5.41, 5.74) is 3.10. The zero-order valence-corrected chi connectivity index (χ0v) is 16.2. The van der Waals surface area contributed by atoms with Gasteiger partial charge in [0.05, 0.1) is 5.69 Å². The third kappa shape index (κ3) is 2.84. The Balaban J connectivity index is 1.54. The van der Waals surface area contributed by atoms with Crippen LogP contribution >= 0.6 is 0 Å². The second-order valence-electron chi connectivity index (χ2n) is 7.29. The van der Waals surface area contributed by atoms with Crippen LogP contribution in [-0.4, -0.2) is 15.2 Å². The highest BCUT2D eigenvalue weighted by Crippen LogP contribution is 2.39. The molecule has 0 N–H and O–H groups in total. The summed E-state index contributed by atoms with van der Waals surface area (Å²) in [4.78, 5) is 4.59. The zero-order valence-electron chi connectivity index (χ0n) is 16.2. The maximum Gasteiger partial charge on any atom is 0.470 e. The lowest BCUT2D eigenvalue weighted by atomic mass is 10.0. The summed E-state index contributed by atoms with van der Waals surface area (Å²) in [6.45, 7) is 0. The van der Waals surface area contributed by atoms with Crippen LogP contribution < -0.4 is 0 Å². The Hall–Kier alpha value is -4.20. The number of rotatable bonds is 2. The largest absolute Gasteiger partial charge is 0.470 e. The highest BCUT2D eigenvalue weighted by molar-refractivity contribution is 6.11. The maximum absolute atomic E-state index is 12.8. The quantitative estimate of drug-likeness (QED) is 0.299. The molecule has 0 radical (unpaired) electrons. The summed E-state index contributed by atoms with van der Waals surface area (Å²) in [6, 6.07) is 20.7. The van der Waals surface area contributed by atoms with E-state index in [9.17, 15) is 13.2 Å². The fourth-order valence-electron chi connectivity index (χ4n) is 3.91. The van der Waals surface area contributed by atoms with E-state index in [1.807, 2.05) is 48.5 Å². The van der Waals surface area contributed by atoms with Crippen LogP contribution in [-0.2, 0) is 6.18 Å². The van der Waals surface area contributed by atoms with Gasteiger partial charge in [0.15, 0.2) is 0 Å². The molecule has 0 unspecified atom stereocenters. The number of nitrogens with zero attached hydrogens (tertiary/aromatic N) is 3. The third-order valence-corrected chi connectivity index (χ3v) is 5.34. The number of furan rings is 1. The maximum atomic E-state index is 12.8. The lowest BCUT2D eigenvalue weighted by Gasteiger charge is -2.06. The molecule has 0 atom stereocenters. The molecule has 3 heterocycles. The number of fused-ring (bicyclic) bond motifs is 4. The smallest absolute Gasteiger partial charge is 0.455 e. The van der Waals surface area contributed by atoms with Crippen molar-refractivity contribution in [3.8, 4) is 22.7 Å². The highest BCUT2D eigenvalue weighted by Gasteiger charge is 2.38. The van der Waals surface area contributed by atoms with Gasteiger partial charge in [-0.1, -0.05) is 36.4 Å². The molecular formula is C24H12F3N3O2. The van der Waals surface area contributed by atoms with Crippen LogP contribution in [0.25, 0.3) is 55.4 Å². The minimum Gasteiger partial charge on any atom is -0.455 e. The summed E-state index contributed by atoms with van der Waals surface area (Å²) in [7, 11) is 0. The van der Waals surface area contributed by atoms with Crippen molar-refractivity contribution in [2.45, 2.75) is 6.18 Å². The highest BCUT2D eigenvalue weighted by atomic mass is 19.4. The van der Waals surface area contributed by atoms with Crippen molar-refractivity contribution in [1.82, 2.24) is 15.2 Å². The van der Waals surface area contributed by atoms with E-state index >= 15 is 0 Å². The predicted molar refractivity (Wildman–Crippen MR) is 113 cm³/mol. The molecule has 5 nitrogen and oxygen atoms in total. The summed E-state index contributed by atoms with van der Waals surface area (Å²) < 4.78 is 49.4. The second kappa shape index (κ2) is 6.65. The number of aromatic nitrogens is 3. The van der Waals surface area contributed by atoms with E-state index in [1.165, 1.54) is 0 Å². The summed E-state index contributed by atoms with van der Waals surface area (Å²) in [6.07, 6.45) is -2.94. The lowest BCUT2D eigenvalue weighted by Crippen LogP contribution is -2.04. The van der Waals surface area contributed by atoms with Gasteiger partial charge in [0.1, 0.15) is 11.2 Å². The normalized spacial score (nSPS) is 12.2. The summed E-state index contributed by atoms with van der Waals surface area (Å²) >= 11 is 0. The molecule has 0 aliphatic heterocycles. The van der Waals surface area contributed by atoms with E-state index in [1.54, 1.807) is 24.4 Å². The number of pyridine rings is 1. The number of para-hydroxylation sites is 1. The molecule has 3 aromatic heterocycles. The van der Waals surface area contributed by atoms with Crippen molar-refractivity contribution in [3.63, 3.8) is 0 Å². The topological polar surface area (TPSA) is 65.0 Å². The molecule has 0 fully saturated rings. The first-order valence-electron chi connectivity index (χ1n) is 9.69. The molecule has 0 saturated carbocycles. The van der Waals surface area contributed by atoms with E-state index < -0.39 is 12.1 Å². The Bertz CT molecular complexity index is 1630. The number of hydrogen-bond acceptors (Lipinski definition) is 5. The first-order valence-corrected chi connectivity index (χ1v) is 9.69. The number of halogens is 3. The first-order chi connectivity index (χ1) is 15.5. The molecular weight excluding hydrogens is 419 g/mol. The fraction of sp³-hybridized carbons (Fsp3) is 0.0417. The van der Waals surface area contributed by atoms with Crippen molar-refractivity contribution in [2.75, 3.05) is 0 Å². The van der Waals surface area contributed by atoms with Gasteiger partial charge in [0.2, 0.25) is 5.89 Å². The average Bonchev–Trinajstić information content (AvgIpc) is 3.43. The van der Waals surface area contributed by atoms with Gasteiger partial charge in [-0.3, -0.25) is 4.98 Å². The van der Waals surface area contributed by atoms with Crippen LogP contribution in [0.5, 0.6) is 0 Å². The van der Waals surface area contributed by atoms with E-state index in [-0.39, 0.29) is 5.89 Å². The van der Waals surface area contributed by atoms with Gasteiger partial charge >= 0.3 is 12.1 Å². The molecule has 3 aromatic carbocycles. The number of alkyl halides is 3. The molecule has 8 heteroatoms. The van der Waals surface area contributed by atoms with Crippen molar-refractivity contribution >= 4 is 32.7 Å². The lowest BCUT2D eigenvalue weighted by molar-refractivity contribution is -0.156. The molecule has 0 amide bonds. The molecule has 0 aliphatic rings. The molecule has 6 aromatic rings. The van der Waals surface area contributed by atoms with Crippen molar-refractivity contribution in [2.24, 2.45) is 0 Å². The molecule has 0 spiro atoms. The summed E-state index contributed by atoms with van der Waals surface area (Å²) in [5, 5.41) is 10.4. The molecule has 6 rings (SSSR count). The van der Waals surface area contributed by atoms with E-state index in [2.05, 4.69) is 15.2 Å². The zero-order chi connectivity index (χ0) is 21.9. The van der Waals surface area contributed by atoms with Gasteiger partial charge in [-0.25, -0.2) is 0 Å². The minimum atomic E-state index is -4.70. The molecule has 0 saturated heterocycles. The van der Waals surface area contributed by atoms with Crippen LogP contribution in [0.3, 0.4) is 0 Å². The Morgan fingerprint density at radius 2 is 1.59 bits per heavy atom. The van der Waals surface area contributed by atoms with E-state index in [4.69, 9.17) is 8.83 Å². The van der Waals surface area contributed by atoms with Gasteiger partial charge in [-0.2, -0.15) is 13.2 Å². The Labute approximate surface area is 178 Å². The van der Waals surface area contributed by atoms with Gasteiger partial charge < -0.3 is 8.83 Å². The predicted octanol–water partition coefficient (Wildman–Crippen LogP) is 6.87. The third-order valence-electron chi connectivity index (χ3n) is 5.34. The van der Waals surface area contributed by atoms with Gasteiger partial charge in [0, 0.05) is 33.5 Å². The summed E-state index contributed by atoms with van der Waals surface area (Å²) in [5.74, 6) is -1.61. The van der Waals surface area contributed by atoms with Crippen LogP contribution in [0.4, 0.5) is 13.2 Å². The Morgan fingerprint density at radius 3 is 2.44 bits per heavy atom. The minimum absolute atomic E-state index is 0.226. The van der Waals surface area contributed by atoms with Crippen molar-refractivity contribution in [3.05, 3.63) is 78.8 Å². The standard InChI is InChI=1S/C24H12F3N3O2/c25-24(26,27)23-30-29-22(32-23)14-8-9-16-17-6-3-7-18(21(17)31-19(16)12-14)20-15-5-2-1-4-13(15)10-11-28-20/h1-12H. The van der Waals surface area contributed by atoms with Crippen LogP contribution in [0.15, 0.2) is 81.8 Å². The van der Waals surface area contributed by atoms with Gasteiger partial charge in [0.25, 0.3) is 0 Å². The van der Waals surface area contributed by atoms with Crippen LogP contribution in [0.1, 0.15) is 5.89 Å². The van der Waals surface area contributed by atoms with Gasteiger partial charge in [-0.15, -0.1) is 10.2 Å². The van der Waals surface area contributed by atoms with Crippen molar-refractivity contribution < 1.29 is 22.0 Å². The second-order valence-corrected chi connectivity index (χ2v) is 7.29. The van der Waals surface area contributed by atoms with Crippen molar-refractivity contribution in [1.29, 1.82) is 0 Å². The van der Waals surface area contributed by atoms with Crippen LogP contribution in [0.2, 0.25) is 0 Å². The monoisotopic (exact) mass is 431 g/mol. The van der Waals surface area contributed by atoms with E-state index in [0.29, 0.717) is 16.7 Å². The fourth-order valence-corrected chi connectivity index (χ4v) is 3.91. The van der Waals surface area contributed by atoms with Crippen LogP contribution in [0, 0.1) is 0 Å². The number of hydrogen-bond donors (Lipinski definition) is 0. The molecule has 32 heavy (non-hydrogen) atoms. The average molecular weight is 431 g/mol. The number of benzene rings is 3. The van der Waals surface area contributed by atoms with E-state index in [0.717, 1.165) is 32.8 Å². The van der Waals surface area contributed by atoms with Gasteiger partial charge in [-0.05, 0) is 35.7 Å². The SMILES string of the molecule is FC(F)(F)c1nnc(-c2ccc3c(c2)oc2c(-c4nccc5ccccc45)cccc23)o1. The molecule has 156 valence electrons.